The second kappa shape index (κ2) is 8.71. The molecular formula is C19H20Cl2N2O3. The van der Waals surface area contributed by atoms with Crippen LogP contribution in [0.1, 0.15) is 41.6 Å². The van der Waals surface area contributed by atoms with Gasteiger partial charge in [0, 0.05) is 24.6 Å². The summed E-state index contributed by atoms with van der Waals surface area (Å²) >= 11 is 12.1. The number of pyridine rings is 1. The lowest BCUT2D eigenvalue weighted by molar-refractivity contribution is 0.102. The highest BCUT2D eigenvalue weighted by atomic mass is 35.5. The van der Waals surface area contributed by atoms with E-state index >= 15 is 0 Å². The molecule has 1 heterocycles. The number of halogens is 2. The molecule has 0 aliphatic heterocycles. The zero-order valence-electron chi connectivity index (χ0n) is 14.2. The third-order valence-corrected chi connectivity index (χ3v) is 4.97. The molecule has 1 amide bonds. The van der Waals surface area contributed by atoms with Crippen molar-refractivity contribution in [1.82, 2.24) is 4.98 Å². The largest absolute Gasteiger partial charge is 0.490 e. The summed E-state index contributed by atoms with van der Waals surface area (Å²) in [6, 6.07) is 5.22. The second-order valence-corrected chi connectivity index (χ2v) is 7.07. The minimum Gasteiger partial charge on any atom is -0.490 e. The fourth-order valence-corrected chi connectivity index (χ4v) is 3.49. The van der Waals surface area contributed by atoms with Crippen LogP contribution in [0.5, 0.6) is 5.75 Å². The maximum Gasteiger partial charge on any atom is 0.255 e. The van der Waals surface area contributed by atoms with E-state index < -0.39 is 0 Å². The molecule has 0 atom stereocenters. The summed E-state index contributed by atoms with van der Waals surface area (Å²) < 4.78 is 6.09. The van der Waals surface area contributed by atoms with Crippen LogP contribution >= 0.6 is 23.2 Å². The van der Waals surface area contributed by atoms with Gasteiger partial charge in [-0.25, -0.2) is 0 Å². The molecule has 5 nitrogen and oxygen atoms in total. The number of hydrogen-bond donors (Lipinski definition) is 2. The highest BCUT2D eigenvalue weighted by Crippen LogP contribution is 2.31. The molecule has 3 rings (SSSR count). The first-order valence-corrected chi connectivity index (χ1v) is 9.35. The standard InChI is InChI=1S/C19H20Cl2N2O3/c20-15-10-22-11-16(21)18(15)23-19(25)13-6-5-12(7-8-24)17(9-13)26-14-3-1-2-4-14/h5-6,9-11,14,24H,1-4,7-8H2,(H,22,23,25). The summed E-state index contributed by atoms with van der Waals surface area (Å²) in [7, 11) is 0. The molecule has 0 unspecified atom stereocenters. The van der Waals surface area contributed by atoms with Gasteiger partial charge in [-0.3, -0.25) is 9.78 Å². The van der Waals surface area contributed by atoms with Gasteiger partial charge in [-0.05, 0) is 49.8 Å². The van der Waals surface area contributed by atoms with Gasteiger partial charge in [0.1, 0.15) is 5.75 Å². The number of nitrogens with zero attached hydrogens (tertiary/aromatic N) is 1. The number of hydrogen-bond acceptors (Lipinski definition) is 4. The van der Waals surface area contributed by atoms with Crippen molar-refractivity contribution in [3.05, 3.63) is 51.8 Å². The Morgan fingerprint density at radius 2 is 1.92 bits per heavy atom. The third-order valence-electron chi connectivity index (χ3n) is 4.40. The molecule has 26 heavy (non-hydrogen) atoms. The summed E-state index contributed by atoms with van der Waals surface area (Å²) in [6.45, 7) is 0.0226. The molecule has 1 saturated carbocycles. The van der Waals surface area contributed by atoms with Gasteiger partial charge in [0.25, 0.3) is 5.91 Å². The van der Waals surface area contributed by atoms with Crippen LogP contribution in [-0.2, 0) is 6.42 Å². The lowest BCUT2D eigenvalue weighted by Crippen LogP contribution is -2.16. The number of carbonyl (C=O) groups excluding carboxylic acids is 1. The van der Waals surface area contributed by atoms with E-state index in [0.29, 0.717) is 23.4 Å². The lowest BCUT2D eigenvalue weighted by atomic mass is 10.1. The Bertz CT molecular complexity index is 772. The fraction of sp³-hybridized carbons (Fsp3) is 0.368. The Morgan fingerprint density at radius 3 is 2.58 bits per heavy atom. The first-order chi connectivity index (χ1) is 12.6. The topological polar surface area (TPSA) is 71.5 Å². The van der Waals surface area contributed by atoms with Crippen molar-refractivity contribution in [2.75, 3.05) is 11.9 Å². The first kappa shape index (κ1) is 19.0. The average Bonchev–Trinajstić information content (AvgIpc) is 3.13. The van der Waals surface area contributed by atoms with Crippen LogP contribution in [-0.4, -0.2) is 28.7 Å². The van der Waals surface area contributed by atoms with Crippen LogP contribution in [0.25, 0.3) is 0 Å². The predicted molar refractivity (Wildman–Crippen MR) is 102 cm³/mol. The monoisotopic (exact) mass is 394 g/mol. The van der Waals surface area contributed by atoms with Gasteiger partial charge < -0.3 is 15.2 Å². The van der Waals surface area contributed by atoms with E-state index in [1.165, 1.54) is 12.4 Å². The van der Waals surface area contributed by atoms with Crippen LogP contribution in [0.4, 0.5) is 5.69 Å². The molecule has 2 aromatic rings. The number of aliphatic hydroxyl groups is 1. The van der Waals surface area contributed by atoms with Gasteiger partial charge in [0.15, 0.2) is 0 Å². The maximum atomic E-state index is 12.6. The number of anilines is 1. The van der Waals surface area contributed by atoms with E-state index in [1.807, 2.05) is 6.07 Å². The summed E-state index contributed by atoms with van der Waals surface area (Å²) in [5.41, 5.74) is 1.64. The average molecular weight is 395 g/mol. The third kappa shape index (κ3) is 4.47. The quantitative estimate of drug-likeness (QED) is 0.756. The summed E-state index contributed by atoms with van der Waals surface area (Å²) in [5, 5.41) is 12.5. The van der Waals surface area contributed by atoms with Crippen LogP contribution < -0.4 is 10.1 Å². The highest BCUT2D eigenvalue weighted by Gasteiger charge is 2.20. The molecule has 0 radical (unpaired) electrons. The van der Waals surface area contributed by atoms with E-state index in [1.54, 1.807) is 12.1 Å². The van der Waals surface area contributed by atoms with Crippen LogP contribution in [0.2, 0.25) is 10.0 Å². The summed E-state index contributed by atoms with van der Waals surface area (Å²) in [4.78, 5) is 16.5. The molecule has 1 aliphatic rings. The highest BCUT2D eigenvalue weighted by molar-refractivity contribution is 6.39. The number of aliphatic hydroxyl groups excluding tert-OH is 1. The van der Waals surface area contributed by atoms with Gasteiger partial charge >= 0.3 is 0 Å². The molecule has 0 spiro atoms. The SMILES string of the molecule is O=C(Nc1c(Cl)cncc1Cl)c1ccc(CCO)c(OC2CCCC2)c1. The molecular weight excluding hydrogens is 375 g/mol. The van der Waals surface area contributed by atoms with Crippen molar-refractivity contribution in [3.63, 3.8) is 0 Å². The van der Waals surface area contributed by atoms with Crippen molar-refractivity contribution in [2.24, 2.45) is 0 Å². The molecule has 1 aliphatic carbocycles. The second-order valence-electron chi connectivity index (χ2n) is 6.25. The zero-order valence-corrected chi connectivity index (χ0v) is 15.7. The number of rotatable bonds is 6. The first-order valence-electron chi connectivity index (χ1n) is 8.59. The summed E-state index contributed by atoms with van der Waals surface area (Å²) in [5.74, 6) is 0.303. The summed E-state index contributed by atoms with van der Waals surface area (Å²) in [6.07, 6.45) is 7.80. The van der Waals surface area contributed by atoms with Crippen LogP contribution in [0.3, 0.4) is 0 Å². The lowest BCUT2D eigenvalue weighted by Gasteiger charge is -2.17. The normalized spacial score (nSPS) is 14.4. The number of benzene rings is 1. The minimum atomic E-state index is -0.341. The Morgan fingerprint density at radius 1 is 1.23 bits per heavy atom. The molecule has 1 aromatic carbocycles. The molecule has 2 N–H and O–H groups in total. The van der Waals surface area contributed by atoms with E-state index in [2.05, 4.69) is 10.3 Å². The van der Waals surface area contributed by atoms with Gasteiger partial charge in [0.2, 0.25) is 0 Å². The number of carbonyl (C=O) groups is 1. The van der Waals surface area contributed by atoms with Crippen molar-refractivity contribution in [3.8, 4) is 5.75 Å². The molecule has 0 saturated heterocycles. The molecule has 1 aromatic heterocycles. The Labute approximate surface area is 162 Å². The predicted octanol–water partition coefficient (Wildman–Crippen LogP) is 4.50. The molecule has 7 heteroatoms. The number of ether oxygens (including phenoxy) is 1. The number of aromatic nitrogens is 1. The Hall–Kier alpha value is -1.82. The van der Waals surface area contributed by atoms with E-state index in [4.69, 9.17) is 27.9 Å². The van der Waals surface area contributed by atoms with Crippen LogP contribution in [0, 0.1) is 0 Å². The van der Waals surface area contributed by atoms with Gasteiger partial charge in [0.05, 0.1) is 21.8 Å². The number of amides is 1. The minimum absolute atomic E-state index is 0.0226. The van der Waals surface area contributed by atoms with Gasteiger partial charge in [-0.2, -0.15) is 0 Å². The number of nitrogens with one attached hydrogen (secondary N) is 1. The van der Waals surface area contributed by atoms with E-state index in [-0.39, 0.29) is 28.7 Å². The molecule has 0 bridgehead atoms. The Kier molecular flexibility index (Phi) is 6.35. The van der Waals surface area contributed by atoms with E-state index in [9.17, 15) is 9.90 Å². The molecule has 138 valence electrons. The van der Waals surface area contributed by atoms with Crippen molar-refractivity contribution in [1.29, 1.82) is 0 Å². The Balaban J connectivity index is 1.83. The van der Waals surface area contributed by atoms with Gasteiger partial charge in [-0.15, -0.1) is 0 Å². The van der Waals surface area contributed by atoms with Crippen molar-refractivity contribution >= 4 is 34.8 Å². The fourth-order valence-electron chi connectivity index (χ4n) is 3.03. The molecule has 1 fully saturated rings. The van der Waals surface area contributed by atoms with Crippen molar-refractivity contribution < 1.29 is 14.6 Å². The maximum absolute atomic E-state index is 12.6. The smallest absolute Gasteiger partial charge is 0.255 e. The zero-order chi connectivity index (χ0) is 18.5. The van der Waals surface area contributed by atoms with E-state index in [0.717, 1.165) is 31.2 Å². The van der Waals surface area contributed by atoms with Crippen molar-refractivity contribution in [2.45, 2.75) is 38.2 Å². The van der Waals surface area contributed by atoms with Crippen LogP contribution in [0.15, 0.2) is 30.6 Å². The van der Waals surface area contributed by atoms with Gasteiger partial charge in [-0.1, -0.05) is 29.3 Å².